The van der Waals surface area contributed by atoms with Crippen LogP contribution in [-0.4, -0.2) is 28.4 Å². The fourth-order valence-electron chi connectivity index (χ4n) is 2.38. The Morgan fingerprint density at radius 3 is 1.83 bits per heavy atom. The van der Waals surface area contributed by atoms with Crippen molar-refractivity contribution in [2.75, 3.05) is 28.4 Å². The molecule has 0 saturated heterocycles. The number of benzene rings is 2. The van der Waals surface area contributed by atoms with E-state index in [4.69, 9.17) is 18.9 Å². The Bertz CT molecular complexity index is 649. The molecule has 0 aliphatic carbocycles. The lowest BCUT2D eigenvalue weighted by molar-refractivity contribution is 0.324. The fourth-order valence-corrected chi connectivity index (χ4v) is 2.38. The van der Waals surface area contributed by atoms with Gasteiger partial charge >= 0.3 is 0 Å². The van der Waals surface area contributed by atoms with Crippen LogP contribution in [-0.2, 0) is 6.42 Å². The second kappa shape index (κ2) is 7.58. The highest BCUT2D eigenvalue weighted by atomic mass is 16.5. The van der Waals surface area contributed by atoms with Gasteiger partial charge in [0.05, 0.1) is 28.4 Å². The average Bonchev–Trinajstić information content (AvgIpc) is 2.60. The van der Waals surface area contributed by atoms with E-state index in [1.54, 1.807) is 28.4 Å². The van der Waals surface area contributed by atoms with E-state index < -0.39 is 0 Å². The maximum Gasteiger partial charge on any atom is 0.203 e. The van der Waals surface area contributed by atoms with Gasteiger partial charge < -0.3 is 18.9 Å². The predicted molar refractivity (Wildman–Crippen MR) is 91.8 cm³/mol. The molecule has 0 bridgehead atoms. The molecule has 0 radical (unpaired) electrons. The van der Waals surface area contributed by atoms with Gasteiger partial charge in [-0.2, -0.15) is 0 Å². The summed E-state index contributed by atoms with van der Waals surface area (Å²) in [5, 5.41) is 0. The van der Waals surface area contributed by atoms with Crippen molar-refractivity contribution in [3.8, 4) is 23.0 Å². The molecule has 2 rings (SSSR count). The van der Waals surface area contributed by atoms with Gasteiger partial charge in [-0.1, -0.05) is 18.7 Å². The quantitative estimate of drug-likeness (QED) is 0.775. The molecule has 2 aromatic carbocycles. The highest BCUT2D eigenvalue weighted by Gasteiger charge is 2.14. The Morgan fingerprint density at radius 1 is 0.826 bits per heavy atom. The maximum atomic E-state index is 5.39. The highest BCUT2D eigenvalue weighted by Crippen LogP contribution is 2.40. The van der Waals surface area contributed by atoms with Gasteiger partial charge in [0.15, 0.2) is 11.5 Å². The number of rotatable bonds is 7. The van der Waals surface area contributed by atoms with E-state index in [1.165, 1.54) is 0 Å². The smallest absolute Gasteiger partial charge is 0.203 e. The van der Waals surface area contributed by atoms with Crippen LogP contribution in [0.3, 0.4) is 0 Å². The molecular formula is C19H22O4. The van der Waals surface area contributed by atoms with Crippen LogP contribution in [0.1, 0.15) is 11.1 Å². The van der Waals surface area contributed by atoms with Crippen LogP contribution in [0.15, 0.2) is 43.0 Å². The molecule has 4 nitrogen and oxygen atoms in total. The van der Waals surface area contributed by atoms with Gasteiger partial charge in [-0.05, 0) is 47.4 Å². The third kappa shape index (κ3) is 3.77. The molecular weight excluding hydrogens is 292 g/mol. The first-order chi connectivity index (χ1) is 11.1. The Balaban J connectivity index is 2.27. The molecule has 0 aliphatic heterocycles. The molecule has 0 unspecified atom stereocenters. The van der Waals surface area contributed by atoms with Gasteiger partial charge in [-0.25, -0.2) is 0 Å². The lowest BCUT2D eigenvalue weighted by Crippen LogP contribution is -1.98. The van der Waals surface area contributed by atoms with E-state index in [0.717, 1.165) is 28.9 Å². The molecule has 0 atom stereocenters. The van der Waals surface area contributed by atoms with E-state index in [2.05, 4.69) is 6.58 Å². The van der Waals surface area contributed by atoms with Crippen molar-refractivity contribution >= 4 is 5.57 Å². The normalized spacial score (nSPS) is 10.1. The summed E-state index contributed by atoms with van der Waals surface area (Å²) in [6.07, 6.45) is 0.725. The van der Waals surface area contributed by atoms with Crippen molar-refractivity contribution in [1.82, 2.24) is 0 Å². The Hall–Kier alpha value is -2.62. The zero-order valence-electron chi connectivity index (χ0n) is 14.0. The summed E-state index contributed by atoms with van der Waals surface area (Å²) in [5.74, 6) is 2.67. The first-order valence-electron chi connectivity index (χ1n) is 7.24. The van der Waals surface area contributed by atoms with E-state index in [9.17, 15) is 0 Å². The first kappa shape index (κ1) is 16.7. The second-order valence-electron chi connectivity index (χ2n) is 5.04. The number of methoxy groups -OCH3 is 4. The molecule has 0 spiro atoms. The van der Waals surface area contributed by atoms with Crippen LogP contribution >= 0.6 is 0 Å². The Morgan fingerprint density at radius 2 is 1.39 bits per heavy atom. The lowest BCUT2D eigenvalue weighted by Gasteiger charge is -2.15. The van der Waals surface area contributed by atoms with Crippen LogP contribution in [0.25, 0.3) is 5.57 Å². The van der Waals surface area contributed by atoms with Gasteiger partial charge in [0.1, 0.15) is 5.75 Å². The number of hydrogen-bond donors (Lipinski definition) is 0. The molecule has 0 aliphatic rings. The molecule has 23 heavy (non-hydrogen) atoms. The molecule has 2 aromatic rings. The van der Waals surface area contributed by atoms with Gasteiger partial charge in [0, 0.05) is 0 Å². The van der Waals surface area contributed by atoms with E-state index in [-0.39, 0.29) is 0 Å². The topological polar surface area (TPSA) is 36.9 Å². The minimum Gasteiger partial charge on any atom is -0.497 e. The van der Waals surface area contributed by atoms with Crippen LogP contribution in [0, 0.1) is 0 Å². The first-order valence-corrected chi connectivity index (χ1v) is 7.24. The molecule has 0 fully saturated rings. The third-order valence-electron chi connectivity index (χ3n) is 3.65. The fraction of sp³-hybridized carbons (Fsp3) is 0.263. The van der Waals surface area contributed by atoms with Crippen molar-refractivity contribution in [2.24, 2.45) is 0 Å². The van der Waals surface area contributed by atoms with E-state index in [0.29, 0.717) is 17.2 Å². The van der Waals surface area contributed by atoms with Crippen molar-refractivity contribution in [1.29, 1.82) is 0 Å². The molecule has 0 heterocycles. The number of hydrogen-bond acceptors (Lipinski definition) is 4. The van der Waals surface area contributed by atoms with Crippen LogP contribution < -0.4 is 18.9 Å². The number of allylic oxidation sites excluding steroid dienone is 1. The van der Waals surface area contributed by atoms with Crippen molar-refractivity contribution in [2.45, 2.75) is 6.42 Å². The maximum absolute atomic E-state index is 5.39. The molecule has 0 amide bonds. The Kier molecular flexibility index (Phi) is 5.52. The van der Waals surface area contributed by atoms with Gasteiger partial charge in [0.2, 0.25) is 5.75 Å². The standard InChI is InChI=1S/C19H22O4/c1-13(10-14-6-8-16(20-2)9-7-14)15-11-17(21-3)19(23-5)18(12-15)22-4/h6-9,11-12H,1,10H2,2-5H3. The zero-order chi connectivity index (χ0) is 16.8. The van der Waals surface area contributed by atoms with Gasteiger partial charge in [-0.3, -0.25) is 0 Å². The Labute approximate surface area is 137 Å². The minimum atomic E-state index is 0.580. The van der Waals surface area contributed by atoms with Crippen LogP contribution in [0.5, 0.6) is 23.0 Å². The number of ether oxygens (including phenoxy) is 4. The van der Waals surface area contributed by atoms with Gasteiger partial charge in [0.25, 0.3) is 0 Å². The average molecular weight is 314 g/mol. The van der Waals surface area contributed by atoms with Crippen molar-refractivity contribution in [3.05, 3.63) is 54.1 Å². The summed E-state index contributed by atoms with van der Waals surface area (Å²) in [7, 11) is 6.46. The second-order valence-corrected chi connectivity index (χ2v) is 5.04. The summed E-state index contributed by atoms with van der Waals surface area (Å²) >= 11 is 0. The summed E-state index contributed by atoms with van der Waals surface area (Å²) in [5.41, 5.74) is 3.08. The lowest BCUT2D eigenvalue weighted by atomic mass is 9.99. The SMILES string of the molecule is C=C(Cc1ccc(OC)cc1)c1cc(OC)c(OC)c(OC)c1. The molecule has 4 heteroatoms. The monoisotopic (exact) mass is 314 g/mol. The van der Waals surface area contributed by atoms with Crippen molar-refractivity contribution in [3.63, 3.8) is 0 Å². The van der Waals surface area contributed by atoms with Crippen LogP contribution in [0.4, 0.5) is 0 Å². The predicted octanol–water partition coefficient (Wildman–Crippen LogP) is 3.98. The molecule has 0 saturated carbocycles. The molecule has 0 aromatic heterocycles. The largest absolute Gasteiger partial charge is 0.497 e. The van der Waals surface area contributed by atoms with Gasteiger partial charge in [-0.15, -0.1) is 0 Å². The van der Waals surface area contributed by atoms with E-state index in [1.807, 2.05) is 36.4 Å². The third-order valence-corrected chi connectivity index (χ3v) is 3.65. The summed E-state index contributed by atoms with van der Waals surface area (Å²) in [6, 6.07) is 11.8. The highest BCUT2D eigenvalue weighted by molar-refractivity contribution is 5.71. The summed E-state index contributed by atoms with van der Waals surface area (Å²) in [4.78, 5) is 0. The van der Waals surface area contributed by atoms with Crippen molar-refractivity contribution < 1.29 is 18.9 Å². The van der Waals surface area contributed by atoms with Crippen LogP contribution in [0.2, 0.25) is 0 Å². The summed E-state index contributed by atoms with van der Waals surface area (Å²) in [6.45, 7) is 4.19. The molecule has 0 N–H and O–H groups in total. The molecule has 122 valence electrons. The van der Waals surface area contributed by atoms with E-state index >= 15 is 0 Å². The zero-order valence-corrected chi connectivity index (χ0v) is 14.0. The summed E-state index contributed by atoms with van der Waals surface area (Å²) < 4.78 is 21.3. The minimum absolute atomic E-state index is 0.580.